The van der Waals surface area contributed by atoms with Crippen LogP contribution in [0, 0.1) is 12.7 Å². The standard InChI is InChI=1S/C11H12F3NO2/c1-3-17-8(16)5-7-4-6(2)9(12)10(15-7)11(13)14/h4,11H,3,5H2,1-2H3. The molecule has 0 unspecified atom stereocenters. The number of aryl methyl sites for hydroxylation is 1. The number of alkyl halides is 2. The molecule has 1 aromatic rings. The third-order valence-corrected chi connectivity index (χ3v) is 2.06. The van der Waals surface area contributed by atoms with Gasteiger partial charge in [0.15, 0.2) is 5.82 Å². The highest BCUT2D eigenvalue weighted by Gasteiger charge is 2.19. The normalized spacial score (nSPS) is 10.7. The minimum absolute atomic E-state index is 0.0367. The summed E-state index contributed by atoms with van der Waals surface area (Å²) < 4.78 is 42.8. The van der Waals surface area contributed by atoms with Crippen LogP contribution >= 0.6 is 0 Å². The molecule has 0 amide bonds. The van der Waals surface area contributed by atoms with Crippen molar-refractivity contribution in [3.63, 3.8) is 0 Å². The molecular weight excluding hydrogens is 235 g/mol. The van der Waals surface area contributed by atoms with Crippen molar-refractivity contribution in [2.75, 3.05) is 6.61 Å². The van der Waals surface area contributed by atoms with E-state index in [2.05, 4.69) is 9.72 Å². The quantitative estimate of drug-likeness (QED) is 0.767. The highest BCUT2D eigenvalue weighted by Crippen LogP contribution is 2.22. The second kappa shape index (κ2) is 5.65. The predicted molar refractivity (Wildman–Crippen MR) is 54.2 cm³/mol. The Labute approximate surface area is 96.6 Å². The molecule has 1 rings (SSSR count). The first-order valence-corrected chi connectivity index (χ1v) is 5.05. The first-order valence-electron chi connectivity index (χ1n) is 5.05. The molecule has 0 aliphatic heterocycles. The second-order valence-corrected chi connectivity index (χ2v) is 3.41. The zero-order valence-electron chi connectivity index (χ0n) is 9.47. The van der Waals surface area contributed by atoms with Gasteiger partial charge in [-0.1, -0.05) is 0 Å². The van der Waals surface area contributed by atoms with Crippen LogP contribution in [0.3, 0.4) is 0 Å². The van der Waals surface area contributed by atoms with Crippen LogP contribution in [0.25, 0.3) is 0 Å². The molecule has 17 heavy (non-hydrogen) atoms. The lowest BCUT2D eigenvalue weighted by Gasteiger charge is -2.07. The van der Waals surface area contributed by atoms with Gasteiger partial charge in [0.1, 0.15) is 5.69 Å². The lowest BCUT2D eigenvalue weighted by molar-refractivity contribution is -0.142. The molecule has 0 aliphatic carbocycles. The molecule has 1 heterocycles. The Morgan fingerprint density at radius 2 is 2.18 bits per heavy atom. The molecule has 0 bridgehead atoms. The summed E-state index contributed by atoms with van der Waals surface area (Å²) in [4.78, 5) is 14.6. The van der Waals surface area contributed by atoms with E-state index in [9.17, 15) is 18.0 Å². The van der Waals surface area contributed by atoms with Crippen LogP contribution in [0.2, 0.25) is 0 Å². The molecule has 6 heteroatoms. The fourth-order valence-electron chi connectivity index (χ4n) is 1.35. The zero-order chi connectivity index (χ0) is 13.0. The van der Waals surface area contributed by atoms with Crippen LogP contribution in [0.1, 0.15) is 30.3 Å². The van der Waals surface area contributed by atoms with Gasteiger partial charge in [-0.3, -0.25) is 4.79 Å². The smallest absolute Gasteiger partial charge is 0.311 e. The lowest BCUT2D eigenvalue weighted by atomic mass is 10.1. The van der Waals surface area contributed by atoms with Gasteiger partial charge in [-0.15, -0.1) is 0 Å². The molecule has 0 saturated carbocycles. The highest BCUT2D eigenvalue weighted by molar-refractivity contribution is 5.72. The number of ether oxygens (including phenoxy) is 1. The Morgan fingerprint density at radius 1 is 1.53 bits per heavy atom. The maximum Gasteiger partial charge on any atom is 0.311 e. The van der Waals surface area contributed by atoms with Crippen molar-refractivity contribution >= 4 is 5.97 Å². The average Bonchev–Trinajstić information content (AvgIpc) is 2.23. The van der Waals surface area contributed by atoms with Gasteiger partial charge in [0.2, 0.25) is 0 Å². The van der Waals surface area contributed by atoms with E-state index in [0.29, 0.717) is 0 Å². The van der Waals surface area contributed by atoms with E-state index in [1.807, 2.05) is 0 Å². The number of pyridine rings is 1. The van der Waals surface area contributed by atoms with Crippen molar-refractivity contribution < 1.29 is 22.7 Å². The van der Waals surface area contributed by atoms with Crippen molar-refractivity contribution in [2.45, 2.75) is 26.7 Å². The highest BCUT2D eigenvalue weighted by atomic mass is 19.3. The van der Waals surface area contributed by atoms with Gasteiger partial charge in [0.05, 0.1) is 18.7 Å². The molecule has 0 atom stereocenters. The van der Waals surface area contributed by atoms with Crippen LogP contribution in [0.4, 0.5) is 13.2 Å². The van der Waals surface area contributed by atoms with E-state index in [4.69, 9.17) is 0 Å². The summed E-state index contributed by atoms with van der Waals surface area (Å²) in [5.74, 6) is -1.61. The van der Waals surface area contributed by atoms with Crippen LogP contribution in [-0.4, -0.2) is 17.6 Å². The number of carbonyl (C=O) groups is 1. The van der Waals surface area contributed by atoms with Crippen molar-refractivity contribution in [1.29, 1.82) is 0 Å². The predicted octanol–water partition coefficient (Wildman–Crippen LogP) is 2.57. The topological polar surface area (TPSA) is 39.2 Å². The number of nitrogens with zero attached hydrogens (tertiary/aromatic N) is 1. The Hall–Kier alpha value is -1.59. The average molecular weight is 247 g/mol. The molecule has 1 aromatic heterocycles. The van der Waals surface area contributed by atoms with Gasteiger partial charge in [0.25, 0.3) is 6.43 Å². The molecule has 94 valence electrons. The molecule has 0 radical (unpaired) electrons. The molecule has 0 saturated heterocycles. The summed E-state index contributed by atoms with van der Waals surface area (Å²) in [5.41, 5.74) is -0.809. The lowest BCUT2D eigenvalue weighted by Crippen LogP contribution is -2.11. The first kappa shape index (κ1) is 13.5. The van der Waals surface area contributed by atoms with Crippen molar-refractivity contribution in [3.05, 3.63) is 28.8 Å². The first-order chi connectivity index (χ1) is 7.95. The molecule has 0 aromatic carbocycles. The number of carbonyl (C=O) groups excluding carboxylic acids is 1. The summed E-state index contributed by atoms with van der Waals surface area (Å²) in [7, 11) is 0. The fraction of sp³-hybridized carbons (Fsp3) is 0.455. The maximum atomic E-state index is 13.3. The summed E-state index contributed by atoms with van der Waals surface area (Å²) in [6, 6.07) is 1.26. The summed E-state index contributed by atoms with van der Waals surface area (Å²) >= 11 is 0. The molecular formula is C11H12F3NO2. The van der Waals surface area contributed by atoms with Gasteiger partial charge in [-0.05, 0) is 25.5 Å². The van der Waals surface area contributed by atoms with E-state index in [1.165, 1.54) is 13.0 Å². The minimum Gasteiger partial charge on any atom is -0.466 e. The third kappa shape index (κ3) is 3.44. The SMILES string of the molecule is CCOC(=O)Cc1cc(C)c(F)c(C(F)F)n1. The van der Waals surface area contributed by atoms with Gasteiger partial charge in [-0.2, -0.15) is 0 Å². The Kier molecular flexibility index (Phi) is 4.48. The Bertz CT molecular complexity index is 421. The van der Waals surface area contributed by atoms with Crippen LogP contribution in [0.15, 0.2) is 6.07 Å². The number of hydrogen-bond acceptors (Lipinski definition) is 3. The van der Waals surface area contributed by atoms with Gasteiger partial charge < -0.3 is 4.74 Å². The molecule has 0 aliphatic rings. The van der Waals surface area contributed by atoms with Crippen LogP contribution in [-0.2, 0) is 16.0 Å². The fourth-order valence-corrected chi connectivity index (χ4v) is 1.35. The second-order valence-electron chi connectivity index (χ2n) is 3.41. The Balaban J connectivity index is 2.98. The van der Waals surface area contributed by atoms with E-state index in [0.717, 1.165) is 0 Å². The summed E-state index contributed by atoms with van der Waals surface area (Å²) in [5, 5.41) is 0. The summed E-state index contributed by atoms with van der Waals surface area (Å²) in [6.45, 7) is 3.17. The van der Waals surface area contributed by atoms with Crippen molar-refractivity contribution in [3.8, 4) is 0 Å². The Morgan fingerprint density at radius 3 is 2.71 bits per heavy atom. The van der Waals surface area contributed by atoms with Crippen LogP contribution in [0.5, 0.6) is 0 Å². The van der Waals surface area contributed by atoms with E-state index in [1.54, 1.807) is 6.92 Å². The molecule has 0 N–H and O–H groups in total. The number of hydrogen-bond donors (Lipinski definition) is 0. The largest absolute Gasteiger partial charge is 0.466 e. The van der Waals surface area contributed by atoms with E-state index < -0.39 is 23.9 Å². The third-order valence-electron chi connectivity index (χ3n) is 2.06. The molecule has 0 spiro atoms. The molecule has 3 nitrogen and oxygen atoms in total. The number of esters is 1. The minimum atomic E-state index is -3.00. The summed E-state index contributed by atoms with van der Waals surface area (Å²) in [6.07, 6.45) is -3.25. The number of halogens is 3. The monoisotopic (exact) mass is 247 g/mol. The van der Waals surface area contributed by atoms with Crippen molar-refractivity contribution in [1.82, 2.24) is 4.98 Å². The maximum absolute atomic E-state index is 13.3. The van der Waals surface area contributed by atoms with E-state index in [-0.39, 0.29) is 24.3 Å². The van der Waals surface area contributed by atoms with Crippen LogP contribution < -0.4 is 0 Å². The zero-order valence-corrected chi connectivity index (χ0v) is 9.47. The van der Waals surface area contributed by atoms with Gasteiger partial charge >= 0.3 is 5.97 Å². The molecule has 0 fully saturated rings. The number of rotatable bonds is 4. The number of aromatic nitrogens is 1. The van der Waals surface area contributed by atoms with Gasteiger partial charge in [-0.25, -0.2) is 18.2 Å². The van der Waals surface area contributed by atoms with E-state index >= 15 is 0 Å². The van der Waals surface area contributed by atoms with Crippen molar-refractivity contribution in [2.24, 2.45) is 0 Å². The van der Waals surface area contributed by atoms with Gasteiger partial charge in [0, 0.05) is 0 Å².